The highest BCUT2D eigenvalue weighted by atomic mass is 16.4. The predicted octanol–water partition coefficient (Wildman–Crippen LogP) is 2.26. The summed E-state index contributed by atoms with van der Waals surface area (Å²) >= 11 is 0. The number of aromatic carboxylic acids is 1. The van der Waals surface area contributed by atoms with Crippen LogP contribution in [-0.4, -0.2) is 30.2 Å². The largest absolute Gasteiger partial charge is 0.478 e. The Hall–Kier alpha value is -2.04. The van der Waals surface area contributed by atoms with Crippen molar-refractivity contribution in [2.75, 3.05) is 18.0 Å². The molecule has 0 unspecified atom stereocenters. The average molecular weight is 274 g/mol. The number of rotatable bonds is 3. The van der Waals surface area contributed by atoms with Gasteiger partial charge >= 0.3 is 12.0 Å². The van der Waals surface area contributed by atoms with E-state index in [-0.39, 0.29) is 11.6 Å². The molecule has 1 aromatic carbocycles. The van der Waals surface area contributed by atoms with E-state index in [1.54, 1.807) is 23.1 Å². The van der Waals surface area contributed by atoms with Crippen LogP contribution in [0.1, 0.15) is 35.2 Å². The number of urea groups is 1. The van der Waals surface area contributed by atoms with Crippen molar-refractivity contribution in [3.05, 3.63) is 29.3 Å². The van der Waals surface area contributed by atoms with Crippen LogP contribution in [-0.2, 0) is 6.42 Å². The maximum absolute atomic E-state index is 12.2. The van der Waals surface area contributed by atoms with E-state index in [0.29, 0.717) is 18.9 Å². The molecule has 5 heteroatoms. The molecule has 1 fully saturated rings. The molecule has 0 radical (unpaired) electrons. The first kappa shape index (κ1) is 13.0. The summed E-state index contributed by atoms with van der Waals surface area (Å²) in [6.45, 7) is 1.37. The van der Waals surface area contributed by atoms with E-state index in [4.69, 9.17) is 5.11 Å². The lowest BCUT2D eigenvalue weighted by atomic mass is 9.85. The van der Waals surface area contributed by atoms with Crippen molar-refractivity contribution in [2.45, 2.75) is 25.7 Å². The van der Waals surface area contributed by atoms with E-state index in [2.05, 4.69) is 5.32 Å². The molecule has 2 N–H and O–H groups in total. The highest BCUT2D eigenvalue weighted by Gasteiger charge is 2.26. The number of hydrogen-bond acceptors (Lipinski definition) is 2. The topological polar surface area (TPSA) is 69.6 Å². The van der Waals surface area contributed by atoms with Crippen molar-refractivity contribution < 1.29 is 14.7 Å². The van der Waals surface area contributed by atoms with Gasteiger partial charge in [0.1, 0.15) is 0 Å². The van der Waals surface area contributed by atoms with E-state index >= 15 is 0 Å². The molecule has 5 nitrogen and oxygen atoms in total. The zero-order valence-corrected chi connectivity index (χ0v) is 11.3. The van der Waals surface area contributed by atoms with Crippen LogP contribution in [0, 0.1) is 5.92 Å². The molecule has 0 aromatic heterocycles. The molecule has 1 aliphatic carbocycles. The van der Waals surface area contributed by atoms with Crippen molar-refractivity contribution in [1.29, 1.82) is 0 Å². The number of hydrogen-bond donors (Lipinski definition) is 2. The minimum Gasteiger partial charge on any atom is -0.478 e. The number of nitrogens with zero attached hydrogens (tertiary/aromatic N) is 1. The first-order chi connectivity index (χ1) is 9.65. The maximum atomic E-state index is 12.2. The number of carboxylic acid groups (broad SMARTS) is 1. The molecule has 0 spiro atoms. The Morgan fingerprint density at radius 2 is 2.15 bits per heavy atom. The zero-order valence-electron chi connectivity index (χ0n) is 11.3. The number of amides is 2. The Kier molecular flexibility index (Phi) is 3.34. The third-order valence-electron chi connectivity index (χ3n) is 4.23. The second-order valence-corrected chi connectivity index (χ2v) is 5.53. The Balaban J connectivity index is 1.68. The quantitative estimate of drug-likeness (QED) is 0.888. The minimum atomic E-state index is -0.930. The first-order valence-electron chi connectivity index (χ1n) is 7.07. The van der Waals surface area contributed by atoms with Gasteiger partial charge in [0.25, 0.3) is 0 Å². The van der Waals surface area contributed by atoms with Gasteiger partial charge < -0.3 is 10.4 Å². The lowest BCUT2D eigenvalue weighted by molar-refractivity contribution is 0.0697. The van der Waals surface area contributed by atoms with Crippen molar-refractivity contribution >= 4 is 17.7 Å². The van der Waals surface area contributed by atoms with E-state index in [1.165, 1.54) is 19.3 Å². The van der Waals surface area contributed by atoms with Crippen LogP contribution in [0.3, 0.4) is 0 Å². The minimum absolute atomic E-state index is 0.0706. The van der Waals surface area contributed by atoms with Gasteiger partial charge in [0, 0.05) is 18.8 Å². The molecule has 1 aromatic rings. The smallest absolute Gasteiger partial charge is 0.335 e. The van der Waals surface area contributed by atoms with Crippen molar-refractivity contribution in [1.82, 2.24) is 5.32 Å². The number of nitrogens with one attached hydrogen (secondary N) is 1. The Morgan fingerprint density at radius 1 is 1.35 bits per heavy atom. The molecule has 1 saturated carbocycles. The Labute approximate surface area is 117 Å². The van der Waals surface area contributed by atoms with E-state index in [1.807, 2.05) is 0 Å². The van der Waals surface area contributed by atoms with Crippen molar-refractivity contribution in [3.8, 4) is 0 Å². The number of benzene rings is 1. The summed E-state index contributed by atoms with van der Waals surface area (Å²) in [4.78, 5) is 24.8. The molecule has 1 heterocycles. The third-order valence-corrected chi connectivity index (χ3v) is 4.23. The molecular formula is C15H18N2O3. The van der Waals surface area contributed by atoms with Gasteiger partial charge in [-0.1, -0.05) is 6.42 Å². The van der Waals surface area contributed by atoms with Crippen LogP contribution >= 0.6 is 0 Å². The van der Waals surface area contributed by atoms with Gasteiger partial charge in [-0.05, 0) is 48.9 Å². The van der Waals surface area contributed by atoms with Crippen molar-refractivity contribution in [2.24, 2.45) is 5.92 Å². The second kappa shape index (κ2) is 5.15. The summed E-state index contributed by atoms with van der Waals surface area (Å²) in [5.41, 5.74) is 2.05. The van der Waals surface area contributed by atoms with E-state index < -0.39 is 5.97 Å². The molecule has 106 valence electrons. The standard InChI is InChI=1S/C15H18N2O3/c18-14(19)12-4-5-13-11(8-12)6-7-17(13)15(20)16-9-10-2-1-3-10/h4-5,8,10H,1-3,6-7,9H2,(H,16,20)(H,18,19). The van der Waals surface area contributed by atoms with Gasteiger partial charge in [0.2, 0.25) is 0 Å². The summed E-state index contributed by atoms with van der Waals surface area (Å²) in [7, 11) is 0. The number of carbonyl (C=O) groups excluding carboxylic acids is 1. The van der Waals surface area contributed by atoms with Crippen molar-refractivity contribution in [3.63, 3.8) is 0 Å². The van der Waals surface area contributed by atoms with Gasteiger partial charge in [-0.15, -0.1) is 0 Å². The summed E-state index contributed by atoms with van der Waals surface area (Å²) in [6.07, 6.45) is 4.40. The predicted molar refractivity (Wildman–Crippen MR) is 75.2 cm³/mol. The van der Waals surface area contributed by atoms with Crippen LogP contribution in [0.5, 0.6) is 0 Å². The second-order valence-electron chi connectivity index (χ2n) is 5.53. The van der Waals surface area contributed by atoms with Crippen LogP contribution < -0.4 is 10.2 Å². The summed E-state index contributed by atoms with van der Waals surface area (Å²) in [5, 5.41) is 12.0. The molecule has 3 rings (SSSR count). The van der Waals surface area contributed by atoms with Crippen LogP contribution in [0.2, 0.25) is 0 Å². The fraction of sp³-hybridized carbons (Fsp3) is 0.467. The van der Waals surface area contributed by atoms with Gasteiger partial charge in [0.05, 0.1) is 5.56 Å². The summed E-state index contributed by atoms with van der Waals surface area (Å²) in [6, 6.07) is 4.88. The fourth-order valence-corrected chi connectivity index (χ4v) is 2.77. The zero-order chi connectivity index (χ0) is 14.1. The Bertz CT molecular complexity index is 552. The van der Waals surface area contributed by atoms with Crippen LogP contribution in [0.4, 0.5) is 10.5 Å². The van der Waals surface area contributed by atoms with E-state index in [0.717, 1.165) is 17.8 Å². The first-order valence-corrected chi connectivity index (χ1v) is 7.07. The molecule has 2 amide bonds. The van der Waals surface area contributed by atoms with Gasteiger partial charge in [-0.25, -0.2) is 9.59 Å². The van der Waals surface area contributed by atoms with Gasteiger partial charge in [-0.2, -0.15) is 0 Å². The lowest BCUT2D eigenvalue weighted by Crippen LogP contribution is -2.42. The van der Waals surface area contributed by atoms with Gasteiger partial charge in [0.15, 0.2) is 0 Å². The molecule has 1 aliphatic heterocycles. The van der Waals surface area contributed by atoms with Crippen LogP contribution in [0.25, 0.3) is 0 Å². The molecule has 0 atom stereocenters. The summed E-state index contributed by atoms with van der Waals surface area (Å²) in [5.74, 6) is -0.295. The molecular weight excluding hydrogens is 256 g/mol. The molecule has 2 aliphatic rings. The highest BCUT2D eigenvalue weighted by molar-refractivity contribution is 5.96. The highest BCUT2D eigenvalue weighted by Crippen LogP contribution is 2.29. The number of carbonyl (C=O) groups is 2. The summed E-state index contributed by atoms with van der Waals surface area (Å²) < 4.78 is 0. The number of fused-ring (bicyclic) bond motifs is 1. The molecule has 20 heavy (non-hydrogen) atoms. The van der Waals surface area contributed by atoms with Crippen LogP contribution in [0.15, 0.2) is 18.2 Å². The Morgan fingerprint density at radius 3 is 2.80 bits per heavy atom. The maximum Gasteiger partial charge on any atom is 0.335 e. The SMILES string of the molecule is O=C(O)c1ccc2c(c1)CCN2C(=O)NCC1CCC1. The molecule has 0 saturated heterocycles. The van der Waals surface area contributed by atoms with Gasteiger partial charge in [-0.3, -0.25) is 4.90 Å². The number of carboxylic acids is 1. The van der Waals surface area contributed by atoms with E-state index in [9.17, 15) is 9.59 Å². The third kappa shape index (κ3) is 2.35. The normalized spacial score (nSPS) is 17.5. The monoisotopic (exact) mass is 274 g/mol. The molecule has 0 bridgehead atoms. The fourth-order valence-electron chi connectivity index (χ4n) is 2.77. The lowest BCUT2D eigenvalue weighted by Gasteiger charge is -2.27. The average Bonchev–Trinajstić information content (AvgIpc) is 2.79. The number of anilines is 1.